The number of nitrogens with two attached hydrogens (primary N) is 1. The van der Waals surface area contributed by atoms with Crippen LogP contribution in [0.2, 0.25) is 0 Å². The molecule has 1 rings (SSSR count). The van der Waals surface area contributed by atoms with Crippen molar-refractivity contribution in [2.24, 2.45) is 12.8 Å². The zero-order chi connectivity index (χ0) is 14.6. The summed E-state index contributed by atoms with van der Waals surface area (Å²) < 4.78 is 1.46. The van der Waals surface area contributed by atoms with E-state index in [1.54, 1.807) is 14.0 Å². The summed E-state index contributed by atoms with van der Waals surface area (Å²) in [5.41, 5.74) is 5.75. The molecule has 0 aliphatic heterocycles. The Morgan fingerprint density at radius 3 is 2.58 bits per heavy atom. The number of carbonyl (C=O) groups is 3. The second-order valence-electron chi connectivity index (χ2n) is 4.17. The maximum absolute atomic E-state index is 11.9. The largest absolute Gasteiger partial charge is 0.480 e. The predicted molar refractivity (Wildman–Crippen MR) is 65.3 cm³/mol. The van der Waals surface area contributed by atoms with E-state index < -0.39 is 23.8 Å². The van der Waals surface area contributed by atoms with Crippen LogP contribution in [-0.4, -0.2) is 38.7 Å². The second kappa shape index (κ2) is 5.98. The summed E-state index contributed by atoms with van der Waals surface area (Å²) in [5, 5.41) is 15.3. The SMILES string of the molecule is Cc1nn(C)cc1C(=O)N[C@@H](CCC(N)=O)C(=O)O. The normalized spacial score (nSPS) is 11.9. The maximum Gasteiger partial charge on any atom is 0.326 e. The Kier molecular flexibility index (Phi) is 4.62. The summed E-state index contributed by atoms with van der Waals surface area (Å²) in [6, 6.07) is -1.15. The van der Waals surface area contributed by atoms with Crippen LogP contribution in [0.4, 0.5) is 0 Å². The highest BCUT2D eigenvalue weighted by Gasteiger charge is 2.22. The van der Waals surface area contributed by atoms with Crippen molar-refractivity contribution in [3.8, 4) is 0 Å². The summed E-state index contributed by atoms with van der Waals surface area (Å²) in [5.74, 6) is -2.36. The number of rotatable bonds is 6. The Morgan fingerprint density at radius 2 is 2.16 bits per heavy atom. The lowest BCUT2D eigenvalue weighted by Crippen LogP contribution is -2.41. The number of aliphatic carboxylic acids is 1. The van der Waals surface area contributed by atoms with Gasteiger partial charge < -0.3 is 16.2 Å². The van der Waals surface area contributed by atoms with Gasteiger partial charge in [0.2, 0.25) is 5.91 Å². The molecule has 104 valence electrons. The van der Waals surface area contributed by atoms with Crippen LogP contribution in [0, 0.1) is 6.92 Å². The molecule has 0 bridgehead atoms. The molecule has 1 aromatic rings. The lowest BCUT2D eigenvalue weighted by Gasteiger charge is -2.13. The average Bonchev–Trinajstić information content (AvgIpc) is 2.62. The van der Waals surface area contributed by atoms with E-state index in [2.05, 4.69) is 10.4 Å². The van der Waals surface area contributed by atoms with Gasteiger partial charge in [-0.3, -0.25) is 14.3 Å². The van der Waals surface area contributed by atoms with Crippen molar-refractivity contribution in [1.82, 2.24) is 15.1 Å². The number of nitrogens with one attached hydrogen (secondary N) is 1. The first-order valence-electron chi connectivity index (χ1n) is 5.63. The molecule has 8 nitrogen and oxygen atoms in total. The lowest BCUT2D eigenvalue weighted by molar-refractivity contribution is -0.139. The van der Waals surface area contributed by atoms with Gasteiger partial charge in [0.05, 0.1) is 11.3 Å². The molecule has 4 N–H and O–H groups in total. The van der Waals surface area contributed by atoms with Gasteiger partial charge in [-0.1, -0.05) is 0 Å². The Morgan fingerprint density at radius 1 is 1.53 bits per heavy atom. The van der Waals surface area contributed by atoms with Gasteiger partial charge in [0.25, 0.3) is 5.91 Å². The number of carboxylic acid groups (broad SMARTS) is 1. The minimum atomic E-state index is -1.21. The zero-order valence-electron chi connectivity index (χ0n) is 10.7. The first-order chi connectivity index (χ1) is 8.81. The van der Waals surface area contributed by atoms with Crippen LogP contribution in [-0.2, 0) is 16.6 Å². The van der Waals surface area contributed by atoms with Crippen LogP contribution in [0.3, 0.4) is 0 Å². The number of nitrogens with zero attached hydrogens (tertiary/aromatic N) is 2. The Bertz CT molecular complexity index is 509. The van der Waals surface area contributed by atoms with Gasteiger partial charge in [0.1, 0.15) is 6.04 Å². The van der Waals surface area contributed by atoms with Crippen LogP contribution in [0.25, 0.3) is 0 Å². The molecule has 1 aromatic heterocycles. The van der Waals surface area contributed by atoms with Crippen LogP contribution in [0.5, 0.6) is 0 Å². The molecule has 0 saturated carbocycles. The average molecular weight is 268 g/mol. The molecule has 2 amide bonds. The van der Waals surface area contributed by atoms with E-state index >= 15 is 0 Å². The van der Waals surface area contributed by atoms with Crippen molar-refractivity contribution in [1.29, 1.82) is 0 Å². The molecule has 1 heterocycles. The third kappa shape index (κ3) is 4.09. The monoisotopic (exact) mass is 268 g/mol. The van der Waals surface area contributed by atoms with Crippen molar-refractivity contribution in [3.05, 3.63) is 17.5 Å². The summed E-state index contributed by atoms with van der Waals surface area (Å²) in [7, 11) is 1.66. The fourth-order valence-electron chi connectivity index (χ4n) is 1.60. The molecule has 0 saturated heterocycles. The Labute approximate surface area is 109 Å². The van der Waals surface area contributed by atoms with E-state index in [0.717, 1.165) is 0 Å². The van der Waals surface area contributed by atoms with Crippen molar-refractivity contribution in [3.63, 3.8) is 0 Å². The smallest absolute Gasteiger partial charge is 0.326 e. The second-order valence-corrected chi connectivity index (χ2v) is 4.17. The molecule has 19 heavy (non-hydrogen) atoms. The number of hydrogen-bond donors (Lipinski definition) is 3. The number of carboxylic acids is 1. The Balaban J connectivity index is 2.74. The van der Waals surface area contributed by atoms with Gasteiger partial charge in [-0.25, -0.2) is 4.79 Å². The zero-order valence-corrected chi connectivity index (χ0v) is 10.7. The topological polar surface area (TPSA) is 127 Å². The predicted octanol–water partition coefficient (Wildman–Crippen LogP) is -0.823. The van der Waals surface area contributed by atoms with Gasteiger partial charge in [0, 0.05) is 19.7 Å². The molecule has 0 spiro atoms. The number of aryl methyl sites for hydroxylation is 2. The highest BCUT2D eigenvalue weighted by molar-refractivity contribution is 5.97. The minimum absolute atomic E-state index is 0.0459. The van der Waals surface area contributed by atoms with Crippen molar-refractivity contribution >= 4 is 17.8 Å². The lowest BCUT2D eigenvalue weighted by atomic mass is 10.1. The maximum atomic E-state index is 11.9. The van der Waals surface area contributed by atoms with Crippen molar-refractivity contribution < 1.29 is 19.5 Å². The first-order valence-corrected chi connectivity index (χ1v) is 5.63. The first kappa shape index (κ1) is 14.7. The van der Waals surface area contributed by atoms with Crippen LogP contribution in [0.15, 0.2) is 6.20 Å². The molecular weight excluding hydrogens is 252 g/mol. The highest BCUT2D eigenvalue weighted by Crippen LogP contribution is 2.06. The van der Waals surface area contributed by atoms with Crippen LogP contribution < -0.4 is 11.1 Å². The Hall–Kier alpha value is -2.38. The summed E-state index contributed by atoms with van der Waals surface area (Å²) >= 11 is 0. The van der Waals surface area contributed by atoms with E-state index in [1.165, 1.54) is 10.9 Å². The van der Waals surface area contributed by atoms with E-state index in [1.807, 2.05) is 0 Å². The van der Waals surface area contributed by atoms with Gasteiger partial charge in [-0.15, -0.1) is 0 Å². The molecule has 0 aliphatic carbocycles. The molecular formula is C11H16N4O4. The van der Waals surface area contributed by atoms with Gasteiger partial charge in [-0.05, 0) is 13.3 Å². The van der Waals surface area contributed by atoms with Gasteiger partial charge in [-0.2, -0.15) is 5.10 Å². The van der Waals surface area contributed by atoms with E-state index in [4.69, 9.17) is 10.8 Å². The number of amides is 2. The molecule has 0 radical (unpaired) electrons. The number of carbonyl (C=O) groups excluding carboxylic acids is 2. The van der Waals surface area contributed by atoms with Crippen LogP contribution in [0.1, 0.15) is 28.9 Å². The minimum Gasteiger partial charge on any atom is -0.480 e. The summed E-state index contributed by atoms with van der Waals surface area (Å²) in [6.45, 7) is 1.65. The summed E-state index contributed by atoms with van der Waals surface area (Å²) in [4.78, 5) is 33.5. The number of aromatic nitrogens is 2. The third-order valence-corrected chi connectivity index (χ3v) is 2.54. The quantitative estimate of drug-likeness (QED) is 0.621. The van der Waals surface area contributed by atoms with Crippen molar-refractivity contribution in [2.45, 2.75) is 25.8 Å². The summed E-state index contributed by atoms with van der Waals surface area (Å²) in [6.07, 6.45) is 1.34. The van der Waals surface area contributed by atoms with E-state index in [9.17, 15) is 14.4 Å². The van der Waals surface area contributed by atoms with Gasteiger partial charge >= 0.3 is 5.97 Å². The molecule has 0 fully saturated rings. The van der Waals surface area contributed by atoms with Crippen LogP contribution >= 0.6 is 0 Å². The van der Waals surface area contributed by atoms with Crippen molar-refractivity contribution in [2.75, 3.05) is 0 Å². The number of hydrogen-bond acceptors (Lipinski definition) is 4. The fourth-order valence-corrected chi connectivity index (χ4v) is 1.60. The molecule has 1 atom stereocenters. The molecule has 0 aliphatic rings. The molecule has 8 heteroatoms. The van der Waals surface area contributed by atoms with E-state index in [0.29, 0.717) is 11.3 Å². The van der Waals surface area contributed by atoms with E-state index in [-0.39, 0.29) is 12.8 Å². The standard InChI is InChI=1S/C11H16N4O4/c1-6-7(5-15(2)14-6)10(17)13-8(11(18)19)3-4-9(12)16/h5,8H,3-4H2,1-2H3,(H2,12,16)(H,13,17)(H,18,19)/t8-/m0/s1. The molecule has 0 unspecified atom stereocenters. The van der Waals surface area contributed by atoms with Gasteiger partial charge in [0.15, 0.2) is 0 Å². The third-order valence-electron chi connectivity index (χ3n) is 2.54. The fraction of sp³-hybridized carbons (Fsp3) is 0.455. The molecule has 0 aromatic carbocycles. The highest BCUT2D eigenvalue weighted by atomic mass is 16.4. The number of primary amides is 1.